The molecule has 256 valence electrons. The van der Waals surface area contributed by atoms with Crippen LogP contribution in [0.2, 0.25) is 0 Å². The van der Waals surface area contributed by atoms with Crippen LogP contribution in [0, 0.1) is 0 Å². The molecule has 2 aromatic carbocycles. The van der Waals surface area contributed by atoms with Gasteiger partial charge in [-0.3, -0.25) is 19.4 Å². The lowest BCUT2D eigenvalue weighted by atomic mass is 9.99. The lowest BCUT2D eigenvalue weighted by Crippen LogP contribution is -2.44. The van der Waals surface area contributed by atoms with Crippen molar-refractivity contribution in [3.8, 4) is 16.9 Å². The van der Waals surface area contributed by atoms with Gasteiger partial charge in [-0.2, -0.15) is 10.1 Å². The van der Waals surface area contributed by atoms with Gasteiger partial charge < -0.3 is 25.2 Å². The van der Waals surface area contributed by atoms with Crippen molar-refractivity contribution in [2.24, 2.45) is 7.05 Å². The second kappa shape index (κ2) is 13.8. The second-order valence-electron chi connectivity index (χ2n) is 12.4. The van der Waals surface area contributed by atoms with Crippen LogP contribution in [0.4, 0.5) is 34.5 Å². The van der Waals surface area contributed by atoms with E-state index in [1.807, 2.05) is 19.4 Å². The third-order valence-corrected chi connectivity index (χ3v) is 10.1. The van der Waals surface area contributed by atoms with E-state index in [1.165, 1.54) is 32.1 Å². The molecular formula is C33H38BrN11O3S. The number of likely N-dealkylation sites (tertiary alicyclic amines) is 1. The van der Waals surface area contributed by atoms with E-state index in [-0.39, 0.29) is 5.69 Å². The lowest BCUT2D eigenvalue weighted by Gasteiger charge is -2.38. The minimum atomic E-state index is -3.63. The van der Waals surface area contributed by atoms with E-state index in [9.17, 15) is 8.42 Å². The Hall–Kier alpha value is -4.54. The van der Waals surface area contributed by atoms with Crippen molar-refractivity contribution < 1.29 is 13.2 Å². The highest BCUT2D eigenvalue weighted by atomic mass is 79.9. The van der Waals surface area contributed by atoms with Gasteiger partial charge in [0, 0.05) is 73.8 Å². The highest BCUT2D eigenvalue weighted by Gasteiger charge is 2.28. The number of piperidine rings is 1. The van der Waals surface area contributed by atoms with E-state index in [2.05, 4.69) is 73.3 Å². The minimum Gasteiger partial charge on any atom is -0.494 e. The van der Waals surface area contributed by atoms with E-state index < -0.39 is 10.0 Å². The van der Waals surface area contributed by atoms with Gasteiger partial charge in [-0.15, -0.1) is 0 Å². The fourth-order valence-corrected chi connectivity index (χ4v) is 7.53. The second-order valence-corrected chi connectivity index (χ2v) is 15.0. The van der Waals surface area contributed by atoms with Gasteiger partial charge in [0.1, 0.15) is 17.1 Å². The molecule has 0 bridgehead atoms. The third kappa shape index (κ3) is 7.26. The van der Waals surface area contributed by atoms with Crippen molar-refractivity contribution in [2.75, 3.05) is 59.8 Å². The Bertz CT molecular complexity index is 2100. The van der Waals surface area contributed by atoms with Crippen molar-refractivity contribution in [3.05, 3.63) is 59.7 Å². The van der Waals surface area contributed by atoms with Crippen LogP contribution in [-0.2, 0) is 17.1 Å². The first-order valence-electron chi connectivity index (χ1n) is 16.1. The van der Waals surface area contributed by atoms with Gasteiger partial charge in [-0.1, -0.05) is 0 Å². The number of nitrogens with zero attached hydrogens (tertiary/aromatic N) is 8. The molecule has 0 saturated carbocycles. The Morgan fingerprint density at radius 3 is 2.45 bits per heavy atom. The van der Waals surface area contributed by atoms with E-state index in [4.69, 9.17) is 9.72 Å². The summed E-state index contributed by atoms with van der Waals surface area (Å²) in [6.45, 7) is 4.35. The highest BCUT2D eigenvalue weighted by Crippen LogP contribution is 2.42. The molecule has 7 rings (SSSR count). The van der Waals surface area contributed by atoms with Crippen LogP contribution < -0.4 is 25.0 Å². The molecule has 16 heteroatoms. The van der Waals surface area contributed by atoms with Gasteiger partial charge in [0.15, 0.2) is 0 Å². The lowest BCUT2D eigenvalue weighted by molar-refractivity contribution is 0.208. The summed E-state index contributed by atoms with van der Waals surface area (Å²) in [4.78, 5) is 23.0. The predicted molar refractivity (Wildman–Crippen MR) is 196 cm³/mol. The largest absolute Gasteiger partial charge is 0.494 e. The quantitative estimate of drug-likeness (QED) is 0.165. The van der Waals surface area contributed by atoms with E-state index >= 15 is 0 Å². The van der Waals surface area contributed by atoms with Gasteiger partial charge in [-0.25, -0.2) is 13.4 Å². The van der Waals surface area contributed by atoms with Crippen LogP contribution in [0.3, 0.4) is 0 Å². The number of methoxy groups -OCH3 is 1. The molecule has 0 spiro atoms. The number of benzene rings is 2. The number of hydrogen-bond donors (Lipinski definition) is 3. The maximum Gasteiger partial charge on any atom is 0.229 e. The maximum absolute atomic E-state index is 12.3. The van der Waals surface area contributed by atoms with Gasteiger partial charge in [0.25, 0.3) is 0 Å². The number of sulfonamides is 1. The Balaban J connectivity index is 1.20. The number of anilines is 6. The fraction of sp³-hybridized carbons (Fsp3) is 0.364. The molecule has 0 atom stereocenters. The molecule has 49 heavy (non-hydrogen) atoms. The first-order chi connectivity index (χ1) is 23.6. The standard InChI is InChI=1S/C33H38BrN11O3S/c1-43-20-21(18-38-43)23-16-27(29(48-2)17-28(23)45-14-8-22(9-15-45)44-12-4-5-13-44)40-33-37-19-24(34)32(41-33)39-26-7-6-25-30(36-11-10-35-25)31(26)42-49(3,46)47/h6-7,10-11,16-20,22,42H,4-5,8-9,12-15H2,1-3H3,(H2,37,39,40,41). The first kappa shape index (κ1) is 33.0. The molecule has 0 unspecified atom stereocenters. The van der Waals surface area contributed by atoms with Crippen molar-refractivity contribution in [3.63, 3.8) is 0 Å². The Labute approximate surface area is 293 Å². The first-order valence-corrected chi connectivity index (χ1v) is 18.8. The highest BCUT2D eigenvalue weighted by molar-refractivity contribution is 9.10. The summed E-state index contributed by atoms with van der Waals surface area (Å²) in [7, 11) is -0.0663. The maximum atomic E-state index is 12.3. The molecule has 2 fully saturated rings. The van der Waals surface area contributed by atoms with Gasteiger partial charge in [0.05, 0.1) is 46.6 Å². The summed E-state index contributed by atoms with van der Waals surface area (Å²) in [5.74, 6) is 1.36. The summed E-state index contributed by atoms with van der Waals surface area (Å²) in [6.07, 6.45) is 14.5. The van der Waals surface area contributed by atoms with Crippen LogP contribution in [0.1, 0.15) is 25.7 Å². The van der Waals surface area contributed by atoms with E-state index in [1.54, 1.807) is 36.3 Å². The van der Waals surface area contributed by atoms with Crippen LogP contribution in [0.15, 0.2) is 59.7 Å². The summed E-state index contributed by atoms with van der Waals surface area (Å²) in [6, 6.07) is 8.27. The number of aromatic nitrogens is 6. The monoisotopic (exact) mass is 747 g/mol. The molecular weight excluding hydrogens is 710 g/mol. The summed E-state index contributed by atoms with van der Waals surface area (Å²) in [5.41, 5.74) is 5.45. The molecule has 0 amide bonds. The third-order valence-electron chi connectivity index (χ3n) is 8.97. The molecule has 2 saturated heterocycles. The van der Waals surface area contributed by atoms with Gasteiger partial charge >= 0.3 is 0 Å². The summed E-state index contributed by atoms with van der Waals surface area (Å²) in [5, 5.41) is 11.1. The van der Waals surface area contributed by atoms with E-state index in [0.29, 0.717) is 50.4 Å². The van der Waals surface area contributed by atoms with Crippen LogP contribution >= 0.6 is 15.9 Å². The SMILES string of the molecule is COc1cc(N2CCC(N3CCCC3)CC2)c(-c2cnn(C)c2)cc1Nc1ncc(Br)c(Nc2ccc3nccnc3c2NS(C)(=O)=O)n1. The number of nitrogens with one attached hydrogen (secondary N) is 3. The smallest absolute Gasteiger partial charge is 0.229 e. The normalized spacial score (nSPS) is 15.9. The molecule has 3 aromatic heterocycles. The topological polar surface area (TPSA) is 155 Å². The minimum absolute atomic E-state index is 0.260. The zero-order valence-electron chi connectivity index (χ0n) is 27.5. The number of halogens is 1. The van der Waals surface area contributed by atoms with E-state index in [0.717, 1.165) is 49.0 Å². The Morgan fingerprint density at radius 2 is 1.73 bits per heavy atom. The molecule has 5 aromatic rings. The molecule has 0 radical (unpaired) electrons. The van der Waals surface area contributed by atoms with Crippen LogP contribution in [0.5, 0.6) is 5.75 Å². The van der Waals surface area contributed by atoms with Crippen LogP contribution in [-0.4, -0.2) is 88.6 Å². The molecule has 3 N–H and O–H groups in total. The van der Waals surface area contributed by atoms with Crippen molar-refractivity contribution >= 4 is 71.5 Å². The number of aryl methyl sites for hydroxylation is 1. The Kier molecular flexibility index (Phi) is 9.26. The zero-order valence-corrected chi connectivity index (χ0v) is 29.9. The van der Waals surface area contributed by atoms with Crippen molar-refractivity contribution in [2.45, 2.75) is 31.7 Å². The van der Waals surface area contributed by atoms with Crippen LogP contribution in [0.25, 0.3) is 22.2 Å². The zero-order chi connectivity index (χ0) is 34.1. The number of ether oxygens (including phenoxy) is 1. The number of rotatable bonds is 10. The van der Waals surface area contributed by atoms with Crippen molar-refractivity contribution in [1.82, 2.24) is 34.6 Å². The van der Waals surface area contributed by atoms with Crippen molar-refractivity contribution in [1.29, 1.82) is 0 Å². The molecule has 14 nitrogen and oxygen atoms in total. The predicted octanol–water partition coefficient (Wildman–Crippen LogP) is 5.51. The summed E-state index contributed by atoms with van der Waals surface area (Å²) < 4.78 is 35.5. The average Bonchev–Trinajstić information content (AvgIpc) is 3.79. The molecule has 2 aliphatic rings. The fourth-order valence-electron chi connectivity index (χ4n) is 6.66. The molecule has 0 aliphatic carbocycles. The summed E-state index contributed by atoms with van der Waals surface area (Å²) >= 11 is 3.54. The number of fused-ring (bicyclic) bond motifs is 1. The van der Waals surface area contributed by atoms with Gasteiger partial charge in [-0.05, 0) is 72.9 Å². The molecule has 5 heterocycles. The number of hydrogen-bond acceptors (Lipinski definition) is 12. The molecule has 2 aliphatic heterocycles. The average molecular weight is 749 g/mol. The Morgan fingerprint density at radius 1 is 0.959 bits per heavy atom. The van der Waals surface area contributed by atoms with Gasteiger partial charge in [0.2, 0.25) is 16.0 Å².